The fourth-order valence-electron chi connectivity index (χ4n) is 1.19. The molecule has 1 rings (SSSR count). The van der Waals surface area contributed by atoms with Crippen LogP contribution in [0.4, 0.5) is 4.79 Å². The summed E-state index contributed by atoms with van der Waals surface area (Å²) in [6.07, 6.45) is 5.48. The van der Waals surface area contributed by atoms with Crippen molar-refractivity contribution >= 4 is 23.8 Å². The van der Waals surface area contributed by atoms with Gasteiger partial charge in [-0.15, -0.1) is 24.1 Å². The van der Waals surface area contributed by atoms with Gasteiger partial charge in [-0.05, 0) is 0 Å². The Morgan fingerprint density at radius 1 is 1.67 bits per heavy atom. The second-order valence-electron chi connectivity index (χ2n) is 3.01. The third-order valence-electron chi connectivity index (χ3n) is 1.97. The van der Waals surface area contributed by atoms with Crippen molar-refractivity contribution in [3.8, 4) is 12.3 Å². The number of aliphatic carboxylic acids is 1. The van der Waals surface area contributed by atoms with Gasteiger partial charge in [0.25, 0.3) is 0 Å². The van der Waals surface area contributed by atoms with Gasteiger partial charge < -0.3 is 15.3 Å². The minimum Gasteiger partial charge on any atom is -0.480 e. The Labute approximate surface area is 92.2 Å². The predicted molar refractivity (Wildman–Crippen MR) is 57.4 cm³/mol. The third kappa shape index (κ3) is 3.06. The Hall–Kier alpha value is -1.35. The molecule has 0 aliphatic carbocycles. The first kappa shape index (κ1) is 11.7. The van der Waals surface area contributed by atoms with Crippen molar-refractivity contribution in [2.75, 3.05) is 18.2 Å². The summed E-state index contributed by atoms with van der Waals surface area (Å²) in [7, 11) is 0. The summed E-state index contributed by atoms with van der Waals surface area (Å²) in [6, 6.07) is -1.08. The maximum absolute atomic E-state index is 11.5. The molecule has 2 amide bonds. The van der Waals surface area contributed by atoms with Crippen LogP contribution >= 0.6 is 11.8 Å². The number of terminal acetylenes is 1. The highest BCUT2D eigenvalue weighted by Gasteiger charge is 2.34. The maximum atomic E-state index is 11.5. The SMILES string of the molecule is C#CCCNC(=O)N1CSC[C@H]1C(=O)O. The summed E-state index contributed by atoms with van der Waals surface area (Å²) >= 11 is 1.43. The second kappa shape index (κ2) is 5.51. The number of hydrogen-bond donors (Lipinski definition) is 2. The largest absolute Gasteiger partial charge is 0.480 e. The number of nitrogens with one attached hydrogen (secondary N) is 1. The molecule has 1 aliphatic rings. The number of rotatable bonds is 3. The van der Waals surface area contributed by atoms with Gasteiger partial charge in [0.1, 0.15) is 6.04 Å². The molecule has 15 heavy (non-hydrogen) atoms. The van der Waals surface area contributed by atoms with E-state index in [0.717, 1.165) is 0 Å². The van der Waals surface area contributed by atoms with E-state index in [2.05, 4.69) is 11.2 Å². The third-order valence-corrected chi connectivity index (χ3v) is 2.99. The zero-order valence-electron chi connectivity index (χ0n) is 8.10. The molecule has 0 aromatic carbocycles. The number of nitrogens with zero attached hydrogens (tertiary/aromatic N) is 1. The fraction of sp³-hybridized carbons (Fsp3) is 0.556. The Morgan fingerprint density at radius 2 is 2.40 bits per heavy atom. The van der Waals surface area contributed by atoms with Crippen LogP contribution in [0.15, 0.2) is 0 Å². The zero-order valence-corrected chi connectivity index (χ0v) is 8.92. The minimum atomic E-state index is -0.966. The van der Waals surface area contributed by atoms with E-state index >= 15 is 0 Å². The minimum absolute atomic E-state index is 0.359. The van der Waals surface area contributed by atoms with Crippen LogP contribution in [0.25, 0.3) is 0 Å². The van der Waals surface area contributed by atoms with E-state index in [-0.39, 0.29) is 6.03 Å². The first-order valence-corrected chi connectivity index (χ1v) is 5.60. The molecular weight excluding hydrogens is 216 g/mol. The van der Waals surface area contributed by atoms with Crippen LogP contribution in [0.2, 0.25) is 0 Å². The molecule has 0 bridgehead atoms. The van der Waals surface area contributed by atoms with E-state index in [1.165, 1.54) is 16.7 Å². The molecular formula is C9H12N2O3S. The Balaban J connectivity index is 2.45. The standard InChI is InChI=1S/C9H12N2O3S/c1-2-3-4-10-9(14)11-6-15-5-7(11)8(12)13/h1,7H,3-6H2,(H,10,14)(H,12,13)/t7-/m0/s1. The lowest BCUT2D eigenvalue weighted by molar-refractivity contribution is -0.140. The molecule has 1 atom stereocenters. The molecule has 0 aromatic heterocycles. The van der Waals surface area contributed by atoms with E-state index in [0.29, 0.717) is 24.6 Å². The van der Waals surface area contributed by atoms with Gasteiger partial charge in [0.05, 0.1) is 5.88 Å². The molecule has 0 saturated carbocycles. The number of carboxylic acid groups (broad SMARTS) is 1. The van der Waals surface area contributed by atoms with Gasteiger partial charge in [-0.25, -0.2) is 9.59 Å². The molecule has 1 heterocycles. The highest BCUT2D eigenvalue weighted by molar-refractivity contribution is 7.99. The maximum Gasteiger partial charge on any atom is 0.327 e. The first-order valence-electron chi connectivity index (χ1n) is 4.45. The first-order chi connectivity index (χ1) is 7.16. The summed E-state index contributed by atoms with van der Waals surface area (Å²) in [5, 5.41) is 11.4. The topological polar surface area (TPSA) is 69.6 Å². The summed E-state index contributed by atoms with van der Waals surface area (Å²) in [4.78, 5) is 23.6. The number of carboxylic acids is 1. The van der Waals surface area contributed by atoms with Crippen LogP contribution in [-0.2, 0) is 4.79 Å². The monoisotopic (exact) mass is 228 g/mol. The van der Waals surface area contributed by atoms with Crippen LogP contribution in [0, 0.1) is 12.3 Å². The van der Waals surface area contributed by atoms with Crippen molar-refractivity contribution in [1.82, 2.24) is 10.2 Å². The number of hydrogen-bond acceptors (Lipinski definition) is 3. The lowest BCUT2D eigenvalue weighted by atomic mass is 10.3. The van der Waals surface area contributed by atoms with Gasteiger partial charge in [-0.1, -0.05) is 0 Å². The molecule has 0 spiro atoms. The fourth-order valence-corrected chi connectivity index (χ4v) is 2.34. The number of urea groups is 1. The molecule has 5 nitrogen and oxygen atoms in total. The van der Waals surface area contributed by atoms with E-state index in [4.69, 9.17) is 11.5 Å². The van der Waals surface area contributed by atoms with Crippen molar-refractivity contribution in [2.24, 2.45) is 0 Å². The van der Waals surface area contributed by atoms with Gasteiger partial charge in [0, 0.05) is 18.7 Å². The smallest absolute Gasteiger partial charge is 0.327 e. The molecule has 0 unspecified atom stereocenters. The summed E-state index contributed by atoms with van der Waals surface area (Å²) < 4.78 is 0. The van der Waals surface area contributed by atoms with Gasteiger partial charge in [0.15, 0.2) is 0 Å². The number of carbonyl (C=O) groups is 2. The highest BCUT2D eigenvalue weighted by atomic mass is 32.2. The van der Waals surface area contributed by atoms with Crippen LogP contribution < -0.4 is 5.32 Å². The summed E-state index contributed by atoms with van der Waals surface area (Å²) in [5.74, 6) is 2.29. The molecule has 82 valence electrons. The lowest BCUT2D eigenvalue weighted by Crippen LogP contribution is -2.47. The Morgan fingerprint density at radius 3 is 3.00 bits per heavy atom. The molecule has 2 N–H and O–H groups in total. The molecule has 1 saturated heterocycles. The zero-order chi connectivity index (χ0) is 11.3. The number of carbonyl (C=O) groups excluding carboxylic acids is 1. The van der Waals surface area contributed by atoms with Gasteiger partial charge in [0.2, 0.25) is 0 Å². The average molecular weight is 228 g/mol. The van der Waals surface area contributed by atoms with Crippen molar-refractivity contribution < 1.29 is 14.7 Å². The van der Waals surface area contributed by atoms with E-state index < -0.39 is 12.0 Å². The Kier molecular flexibility index (Phi) is 4.31. The number of amides is 2. The molecule has 6 heteroatoms. The predicted octanol–water partition coefficient (Wildman–Crippen LogP) is 0.179. The Bertz CT molecular complexity index is 300. The highest BCUT2D eigenvalue weighted by Crippen LogP contribution is 2.20. The van der Waals surface area contributed by atoms with E-state index in [9.17, 15) is 9.59 Å². The van der Waals surface area contributed by atoms with Crippen LogP contribution in [-0.4, -0.2) is 46.2 Å². The normalized spacial score (nSPS) is 19.7. The van der Waals surface area contributed by atoms with Crippen LogP contribution in [0.1, 0.15) is 6.42 Å². The average Bonchev–Trinajstić information content (AvgIpc) is 2.66. The van der Waals surface area contributed by atoms with Crippen molar-refractivity contribution in [3.63, 3.8) is 0 Å². The lowest BCUT2D eigenvalue weighted by Gasteiger charge is -2.20. The van der Waals surface area contributed by atoms with E-state index in [1.807, 2.05) is 0 Å². The summed E-state index contributed by atoms with van der Waals surface area (Å²) in [5.41, 5.74) is 0. The second-order valence-corrected chi connectivity index (χ2v) is 4.01. The summed E-state index contributed by atoms with van der Waals surface area (Å²) in [6.45, 7) is 0.378. The van der Waals surface area contributed by atoms with Crippen molar-refractivity contribution in [1.29, 1.82) is 0 Å². The number of thioether (sulfide) groups is 1. The molecule has 1 aliphatic heterocycles. The van der Waals surface area contributed by atoms with Gasteiger partial charge in [-0.3, -0.25) is 0 Å². The van der Waals surface area contributed by atoms with Crippen molar-refractivity contribution in [3.05, 3.63) is 0 Å². The quantitative estimate of drug-likeness (QED) is 0.534. The molecule has 0 aromatic rings. The molecule has 0 radical (unpaired) electrons. The van der Waals surface area contributed by atoms with Crippen LogP contribution in [0.3, 0.4) is 0 Å². The van der Waals surface area contributed by atoms with Crippen molar-refractivity contribution in [2.45, 2.75) is 12.5 Å². The van der Waals surface area contributed by atoms with Gasteiger partial charge >= 0.3 is 12.0 Å². The molecule has 1 fully saturated rings. The van der Waals surface area contributed by atoms with E-state index in [1.54, 1.807) is 0 Å². The van der Waals surface area contributed by atoms with Crippen LogP contribution in [0.5, 0.6) is 0 Å². The van der Waals surface area contributed by atoms with Gasteiger partial charge in [-0.2, -0.15) is 0 Å².